The highest BCUT2D eigenvalue weighted by atomic mass is 16.5. The standard InChI is InChI=1S/C36H51N5O4/c1-9-34(3,4)25-45-36(7,8)20-23-44-35(5,6)19-22-41-33-29-16-12-13-17-30(29)40(31(43)18-21-37-26(2)42)24-27-14-10-11-15-28(27)32(33)38-39-41/h10-17H,9,18-25H2,1-8H3,(H,37,42). The van der Waals surface area contributed by atoms with Crippen LogP contribution in [0.1, 0.15) is 86.6 Å². The molecule has 0 fully saturated rings. The van der Waals surface area contributed by atoms with Gasteiger partial charge in [-0.25, -0.2) is 4.68 Å². The molecular weight excluding hydrogens is 566 g/mol. The Morgan fingerprint density at radius 2 is 1.58 bits per heavy atom. The number of rotatable bonds is 14. The number of nitrogens with zero attached hydrogens (tertiary/aromatic N) is 4. The fourth-order valence-corrected chi connectivity index (χ4v) is 5.26. The summed E-state index contributed by atoms with van der Waals surface area (Å²) < 4.78 is 14.6. The summed E-state index contributed by atoms with van der Waals surface area (Å²) in [5.74, 6) is -0.214. The molecular formula is C36H51N5O4. The summed E-state index contributed by atoms with van der Waals surface area (Å²) in [4.78, 5) is 26.9. The van der Waals surface area contributed by atoms with Crippen molar-refractivity contribution < 1.29 is 19.1 Å². The molecule has 9 heteroatoms. The van der Waals surface area contributed by atoms with E-state index in [0.29, 0.717) is 19.7 Å². The smallest absolute Gasteiger partial charge is 0.229 e. The van der Waals surface area contributed by atoms with Gasteiger partial charge in [-0.15, -0.1) is 5.10 Å². The zero-order valence-corrected chi connectivity index (χ0v) is 28.4. The van der Waals surface area contributed by atoms with Gasteiger partial charge < -0.3 is 19.7 Å². The number of ether oxygens (including phenoxy) is 2. The monoisotopic (exact) mass is 617 g/mol. The second-order valence-electron chi connectivity index (χ2n) is 14.1. The minimum Gasteiger partial charge on any atom is -0.375 e. The number of hydrogen-bond donors (Lipinski definition) is 1. The molecule has 0 aliphatic carbocycles. The average molecular weight is 618 g/mol. The molecule has 1 aromatic heterocycles. The number of benzene rings is 2. The van der Waals surface area contributed by atoms with Crippen molar-refractivity contribution in [1.29, 1.82) is 0 Å². The predicted octanol–water partition coefficient (Wildman–Crippen LogP) is 6.79. The van der Waals surface area contributed by atoms with Crippen LogP contribution in [0.4, 0.5) is 5.69 Å². The highest BCUT2D eigenvalue weighted by molar-refractivity contribution is 6.00. The zero-order chi connectivity index (χ0) is 32.8. The lowest BCUT2D eigenvalue weighted by molar-refractivity contribution is -0.120. The number of carbonyl (C=O) groups is 2. The first kappa shape index (κ1) is 34.3. The van der Waals surface area contributed by atoms with E-state index in [-0.39, 0.29) is 35.8 Å². The van der Waals surface area contributed by atoms with Crippen LogP contribution in [0.3, 0.4) is 0 Å². The van der Waals surface area contributed by atoms with Crippen molar-refractivity contribution >= 4 is 17.5 Å². The minimum absolute atomic E-state index is 0.0619. The number of aryl methyl sites for hydroxylation is 1. The number of hydrogen-bond acceptors (Lipinski definition) is 6. The summed E-state index contributed by atoms with van der Waals surface area (Å²) in [5.41, 5.74) is 4.80. The molecule has 0 saturated carbocycles. The van der Waals surface area contributed by atoms with Crippen molar-refractivity contribution in [3.8, 4) is 22.5 Å². The van der Waals surface area contributed by atoms with Crippen LogP contribution in [0.2, 0.25) is 0 Å². The van der Waals surface area contributed by atoms with Gasteiger partial charge in [-0.1, -0.05) is 68.4 Å². The zero-order valence-electron chi connectivity index (χ0n) is 28.4. The first-order chi connectivity index (χ1) is 21.2. The molecule has 45 heavy (non-hydrogen) atoms. The Morgan fingerprint density at radius 1 is 0.911 bits per heavy atom. The van der Waals surface area contributed by atoms with Gasteiger partial charge in [0.15, 0.2) is 0 Å². The van der Waals surface area contributed by atoms with E-state index in [1.54, 1.807) is 0 Å². The second kappa shape index (κ2) is 14.3. The molecule has 0 unspecified atom stereocenters. The van der Waals surface area contributed by atoms with Crippen molar-refractivity contribution in [1.82, 2.24) is 20.3 Å². The van der Waals surface area contributed by atoms with Gasteiger partial charge in [-0.05, 0) is 64.0 Å². The van der Waals surface area contributed by atoms with Gasteiger partial charge >= 0.3 is 0 Å². The number of fused-ring (bicyclic) bond motifs is 5. The van der Waals surface area contributed by atoms with Gasteiger partial charge in [0.1, 0.15) is 5.69 Å². The molecule has 0 bridgehead atoms. The third-order valence-corrected chi connectivity index (χ3v) is 8.73. The van der Waals surface area contributed by atoms with E-state index in [9.17, 15) is 9.59 Å². The van der Waals surface area contributed by atoms with E-state index in [4.69, 9.17) is 9.47 Å². The van der Waals surface area contributed by atoms with Crippen LogP contribution < -0.4 is 10.2 Å². The molecule has 0 radical (unpaired) electrons. The van der Waals surface area contributed by atoms with Gasteiger partial charge in [-0.2, -0.15) is 0 Å². The van der Waals surface area contributed by atoms with Crippen LogP contribution in [-0.2, 0) is 32.2 Å². The lowest BCUT2D eigenvalue weighted by Crippen LogP contribution is -2.35. The Morgan fingerprint density at radius 3 is 2.29 bits per heavy atom. The summed E-state index contributed by atoms with van der Waals surface area (Å²) in [5, 5.41) is 12.1. The van der Waals surface area contributed by atoms with E-state index in [1.165, 1.54) is 6.92 Å². The molecule has 9 nitrogen and oxygen atoms in total. The highest BCUT2D eigenvalue weighted by Gasteiger charge is 2.30. The van der Waals surface area contributed by atoms with E-state index in [0.717, 1.165) is 59.6 Å². The Labute approximate surface area is 268 Å². The van der Waals surface area contributed by atoms with E-state index >= 15 is 0 Å². The predicted molar refractivity (Wildman–Crippen MR) is 179 cm³/mol. The van der Waals surface area contributed by atoms with Crippen LogP contribution in [0.15, 0.2) is 48.5 Å². The van der Waals surface area contributed by atoms with Crippen LogP contribution >= 0.6 is 0 Å². The van der Waals surface area contributed by atoms with Gasteiger partial charge in [0.2, 0.25) is 11.8 Å². The molecule has 2 aromatic carbocycles. The van der Waals surface area contributed by atoms with E-state index < -0.39 is 5.60 Å². The maximum atomic E-state index is 13.6. The minimum atomic E-state index is -0.400. The number of amides is 2. The fourth-order valence-electron chi connectivity index (χ4n) is 5.26. The molecule has 1 aliphatic heterocycles. The number of nitrogens with one attached hydrogen (secondary N) is 1. The van der Waals surface area contributed by atoms with Crippen molar-refractivity contribution in [3.63, 3.8) is 0 Å². The van der Waals surface area contributed by atoms with Crippen LogP contribution in [0, 0.1) is 5.41 Å². The van der Waals surface area contributed by atoms with Crippen molar-refractivity contribution in [2.75, 3.05) is 24.7 Å². The highest BCUT2D eigenvalue weighted by Crippen LogP contribution is 2.41. The summed E-state index contributed by atoms with van der Waals surface area (Å²) in [6, 6.07) is 16.0. The largest absolute Gasteiger partial charge is 0.375 e. The molecule has 0 spiro atoms. The van der Waals surface area contributed by atoms with Gasteiger partial charge in [-0.3, -0.25) is 9.59 Å². The Hall–Kier alpha value is -3.56. The second-order valence-corrected chi connectivity index (χ2v) is 14.1. The van der Waals surface area contributed by atoms with Gasteiger partial charge in [0, 0.05) is 37.6 Å². The Balaban J connectivity index is 1.55. The van der Waals surface area contributed by atoms with Crippen LogP contribution in [0.25, 0.3) is 22.5 Å². The molecule has 1 aliphatic rings. The van der Waals surface area contributed by atoms with Crippen LogP contribution in [0.5, 0.6) is 0 Å². The molecule has 3 aromatic rings. The summed E-state index contributed by atoms with van der Waals surface area (Å²) in [6.07, 6.45) is 2.78. The maximum absolute atomic E-state index is 13.6. The summed E-state index contributed by atoms with van der Waals surface area (Å²) in [7, 11) is 0. The summed E-state index contributed by atoms with van der Waals surface area (Å²) in [6.45, 7) is 19.2. The van der Waals surface area contributed by atoms with E-state index in [1.807, 2.05) is 58.1 Å². The molecule has 2 amide bonds. The SMILES string of the molecule is CCC(C)(C)COC(C)(C)CCOC(C)(C)CCn1nnc2c1-c1ccccc1N(C(=O)CCNC(C)=O)Cc1ccccc1-2. The third-order valence-electron chi connectivity index (χ3n) is 8.73. The third kappa shape index (κ3) is 9.01. The number of carbonyl (C=O) groups excluding carboxylic acids is 2. The first-order valence-electron chi connectivity index (χ1n) is 16.2. The Kier molecular flexibility index (Phi) is 10.9. The summed E-state index contributed by atoms with van der Waals surface area (Å²) >= 11 is 0. The lowest BCUT2D eigenvalue weighted by atomic mass is 9.91. The molecule has 244 valence electrons. The maximum Gasteiger partial charge on any atom is 0.229 e. The van der Waals surface area contributed by atoms with Gasteiger partial charge in [0.25, 0.3) is 0 Å². The number of aromatic nitrogens is 3. The number of anilines is 1. The van der Waals surface area contributed by atoms with Crippen LogP contribution in [-0.4, -0.2) is 57.8 Å². The van der Waals surface area contributed by atoms with E-state index in [2.05, 4.69) is 64.1 Å². The first-order valence-corrected chi connectivity index (χ1v) is 16.2. The Bertz CT molecular complexity index is 1480. The van der Waals surface area contributed by atoms with Crippen molar-refractivity contribution in [3.05, 3.63) is 54.1 Å². The molecule has 0 atom stereocenters. The van der Waals surface area contributed by atoms with Crippen molar-refractivity contribution in [2.45, 2.75) is 105 Å². The lowest BCUT2D eigenvalue weighted by Gasteiger charge is -2.33. The number of para-hydroxylation sites is 1. The normalized spacial score (nSPS) is 13.4. The van der Waals surface area contributed by atoms with Gasteiger partial charge in [0.05, 0.1) is 42.3 Å². The molecule has 2 heterocycles. The molecule has 4 rings (SSSR count). The molecule has 0 saturated heterocycles. The quantitative estimate of drug-likeness (QED) is 0.214. The van der Waals surface area contributed by atoms with Crippen molar-refractivity contribution in [2.24, 2.45) is 5.41 Å². The fraction of sp³-hybridized carbons (Fsp3) is 0.556. The average Bonchev–Trinajstić information content (AvgIpc) is 3.40. The molecule has 1 N–H and O–H groups in total. The topological polar surface area (TPSA) is 98.6 Å².